The third kappa shape index (κ3) is 7.94. The molecule has 0 aliphatic carbocycles. The van der Waals surface area contributed by atoms with E-state index in [9.17, 15) is 12.8 Å². The van der Waals surface area contributed by atoms with Crippen LogP contribution in [0, 0.1) is 24.6 Å². The Morgan fingerprint density at radius 2 is 1.79 bits per heavy atom. The van der Waals surface area contributed by atoms with Crippen molar-refractivity contribution in [3.63, 3.8) is 0 Å². The first-order chi connectivity index (χ1) is 20.5. The van der Waals surface area contributed by atoms with Gasteiger partial charge in [-0.15, -0.1) is 11.3 Å². The number of anilines is 1. The summed E-state index contributed by atoms with van der Waals surface area (Å²) in [6.45, 7) is 10.0. The van der Waals surface area contributed by atoms with Crippen molar-refractivity contribution in [2.45, 2.75) is 66.3 Å². The lowest BCUT2D eigenvalue weighted by Crippen LogP contribution is -2.32. The van der Waals surface area contributed by atoms with Gasteiger partial charge in [-0.05, 0) is 49.8 Å². The van der Waals surface area contributed by atoms with Gasteiger partial charge in [0.05, 0.1) is 33.3 Å². The zero-order valence-electron chi connectivity index (χ0n) is 25.9. The van der Waals surface area contributed by atoms with Gasteiger partial charge in [-0.1, -0.05) is 27.2 Å². The van der Waals surface area contributed by atoms with E-state index in [1.165, 1.54) is 14.3 Å². The molecule has 4 heterocycles. The first-order valence-electron chi connectivity index (χ1n) is 14.8. The molecule has 0 amide bonds. The van der Waals surface area contributed by atoms with Gasteiger partial charge in [-0.2, -0.15) is 12.7 Å². The van der Waals surface area contributed by atoms with Gasteiger partial charge >= 0.3 is 10.2 Å². The first kappa shape index (κ1) is 32.9. The van der Waals surface area contributed by atoms with Gasteiger partial charge in [0.2, 0.25) is 0 Å². The number of aromatic nitrogens is 5. The summed E-state index contributed by atoms with van der Waals surface area (Å²) in [6, 6.07) is 4.87. The van der Waals surface area contributed by atoms with Crippen molar-refractivity contribution in [3.8, 4) is 0 Å². The number of imidazole rings is 1. The molecule has 2 unspecified atom stereocenters. The van der Waals surface area contributed by atoms with Gasteiger partial charge in [-0.3, -0.25) is 4.98 Å². The van der Waals surface area contributed by atoms with E-state index in [0.717, 1.165) is 40.2 Å². The van der Waals surface area contributed by atoms with Crippen molar-refractivity contribution in [2.75, 3.05) is 32.5 Å². The topological polar surface area (TPSA) is 118 Å². The zero-order valence-corrected chi connectivity index (χ0v) is 27.5. The van der Waals surface area contributed by atoms with E-state index in [0.29, 0.717) is 60.8 Å². The monoisotopic (exact) mass is 630 g/mol. The predicted octanol–water partition coefficient (Wildman–Crippen LogP) is 4.99. The van der Waals surface area contributed by atoms with Crippen molar-refractivity contribution < 1.29 is 12.8 Å². The van der Waals surface area contributed by atoms with Gasteiger partial charge in [0.1, 0.15) is 17.2 Å². The molecule has 4 rings (SSSR count). The highest BCUT2D eigenvalue weighted by Gasteiger charge is 2.26. The second kappa shape index (κ2) is 14.7. The SMILES string of the molecule is CCC(C)C(C)CCc1nc(CCNCCc2nc3c(NCc4ncccc4F)nccc3s2)n(S(=O)(=O)N(C)C)c1C. The Balaban J connectivity index is 1.37. The molecule has 0 aliphatic rings. The average Bonchev–Trinajstić information content (AvgIpc) is 3.55. The molecule has 13 heteroatoms. The summed E-state index contributed by atoms with van der Waals surface area (Å²) in [4.78, 5) is 18.1. The molecule has 0 aromatic carbocycles. The number of fused-ring (bicyclic) bond motifs is 1. The van der Waals surface area contributed by atoms with E-state index in [1.807, 2.05) is 13.0 Å². The van der Waals surface area contributed by atoms with Crippen LogP contribution in [0.1, 0.15) is 61.5 Å². The fraction of sp³-hybridized carbons (Fsp3) is 0.533. The number of nitrogens with one attached hydrogen (secondary N) is 2. The van der Waals surface area contributed by atoms with Crippen LogP contribution in [0.3, 0.4) is 0 Å². The zero-order chi connectivity index (χ0) is 31.1. The van der Waals surface area contributed by atoms with E-state index in [1.54, 1.807) is 43.9 Å². The number of rotatable bonds is 16. The number of nitrogens with zero attached hydrogens (tertiary/aromatic N) is 6. The van der Waals surface area contributed by atoms with Crippen LogP contribution in [-0.2, 0) is 36.0 Å². The molecule has 0 saturated carbocycles. The summed E-state index contributed by atoms with van der Waals surface area (Å²) < 4.78 is 44.0. The normalized spacial score (nSPS) is 13.6. The molecule has 0 saturated heterocycles. The molecule has 0 radical (unpaired) electrons. The maximum absolute atomic E-state index is 14.0. The van der Waals surface area contributed by atoms with Crippen molar-refractivity contribution in [2.24, 2.45) is 11.8 Å². The molecule has 4 aromatic rings. The summed E-state index contributed by atoms with van der Waals surface area (Å²) in [5.74, 6) is 1.94. The molecule has 43 heavy (non-hydrogen) atoms. The Morgan fingerprint density at radius 1 is 1.02 bits per heavy atom. The Hall–Kier alpha value is -3.00. The maximum atomic E-state index is 14.0. The molecular weight excluding hydrogens is 588 g/mol. The van der Waals surface area contributed by atoms with Gasteiger partial charge < -0.3 is 10.6 Å². The van der Waals surface area contributed by atoms with Gasteiger partial charge in [0.15, 0.2) is 5.82 Å². The van der Waals surface area contributed by atoms with Crippen LogP contribution in [0.2, 0.25) is 0 Å². The van der Waals surface area contributed by atoms with E-state index in [2.05, 4.69) is 41.4 Å². The lowest BCUT2D eigenvalue weighted by atomic mass is 9.89. The smallest absolute Gasteiger partial charge is 0.308 e. The standard InChI is InChI=1S/C30H43FN8O2S2/c1-7-20(2)21(3)10-11-24-22(4)39(43(40,41)38(5)6)27(36-24)13-16-32-17-14-28-37-29-26(42-28)12-18-34-30(29)35-19-25-23(31)9-8-15-33-25/h8-9,12,15,18,20-21,32H,7,10-11,13-14,16-17,19H2,1-6H3,(H,34,35). The Labute approximate surface area is 258 Å². The fourth-order valence-corrected chi connectivity index (χ4v) is 7.02. The van der Waals surface area contributed by atoms with E-state index < -0.39 is 10.2 Å². The third-order valence-electron chi connectivity index (χ3n) is 8.02. The van der Waals surface area contributed by atoms with Crippen LogP contribution in [0.15, 0.2) is 30.6 Å². The van der Waals surface area contributed by atoms with Crippen LogP contribution < -0.4 is 10.6 Å². The molecule has 0 spiro atoms. The van der Waals surface area contributed by atoms with Crippen molar-refractivity contribution in [1.82, 2.24) is 33.5 Å². The van der Waals surface area contributed by atoms with E-state index in [4.69, 9.17) is 9.97 Å². The highest BCUT2D eigenvalue weighted by molar-refractivity contribution is 7.87. The molecule has 0 fully saturated rings. The summed E-state index contributed by atoms with van der Waals surface area (Å²) in [5, 5.41) is 7.54. The third-order valence-corrected chi connectivity index (χ3v) is 11.0. The lowest BCUT2D eigenvalue weighted by molar-refractivity contribution is 0.354. The molecule has 0 aliphatic heterocycles. The summed E-state index contributed by atoms with van der Waals surface area (Å²) in [7, 11) is -0.595. The number of thiazole rings is 1. The Bertz CT molecular complexity index is 1620. The van der Waals surface area contributed by atoms with E-state index >= 15 is 0 Å². The van der Waals surface area contributed by atoms with Crippen molar-refractivity contribution in [1.29, 1.82) is 0 Å². The molecule has 10 nitrogen and oxygen atoms in total. The number of hydrogen-bond acceptors (Lipinski definition) is 9. The number of hydrogen-bond donors (Lipinski definition) is 2. The number of aryl methyl sites for hydroxylation is 1. The van der Waals surface area contributed by atoms with Gasteiger partial charge in [0, 0.05) is 52.4 Å². The highest BCUT2D eigenvalue weighted by Crippen LogP contribution is 2.27. The Morgan fingerprint density at radius 3 is 2.51 bits per heavy atom. The largest absolute Gasteiger partial charge is 0.362 e. The maximum Gasteiger partial charge on any atom is 0.308 e. The molecule has 2 N–H and O–H groups in total. The number of halogens is 1. The minimum atomic E-state index is -3.69. The minimum absolute atomic E-state index is 0.213. The quantitative estimate of drug-likeness (QED) is 0.166. The van der Waals surface area contributed by atoms with E-state index in [-0.39, 0.29) is 12.4 Å². The minimum Gasteiger partial charge on any atom is -0.362 e. The highest BCUT2D eigenvalue weighted by atomic mass is 32.2. The molecular formula is C30H43FN8O2S2. The second-order valence-electron chi connectivity index (χ2n) is 11.2. The Kier molecular flexibility index (Phi) is 11.2. The summed E-state index contributed by atoms with van der Waals surface area (Å²) >= 11 is 1.59. The van der Waals surface area contributed by atoms with Crippen LogP contribution in [0.25, 0.3) is 10.2 Å². The molecule has 0 bridgehead atoms. The second-order valence-corrected chi connectivity index (χ2v) is 14.3. The molecule has 2 atom stereocenters. The summed E-state index contributed by atoms with van der Waals surface area (Å²) in [5.41, 5.74) is 2.62. The van der Waals surface area contributed by atoms with Crippen molar-refractivity contribution in [3.05, 3.63) is 64.3 Å². The number of pyridine rings is 2. The van der Waals surface area contributed by atoms with Gasteiger partial charge in [-0.25, -0.2) is 23.3 Å². The molecule has 4 aromatic heterocycles. The average molecular weight is 631 g/mol. The van der Waals surface area contributed by atoms with Crippen LogP contribution in [0.5, 0.6) is 0 Å². The first-order valence-corrected chi connectivity index (χ1v) is 17.0. The lowest BCUT2D eigenvalue weighted by Gasteiger charge is -2.18. The van der Waals surface area contributed by atoms with Crippen molar-refractivity contribution >= 4 is 37.6 Å². The fourth-order valence-electron chi connectivity index (χ4n) is 4.88. The van der Waals surface area contributed by atoms with Crippen LogP contribution >= 0.6 is 11.3 Å². The summed E-state index contributed by atoms with van der Waals surface area (Å²) in [6.07, 6.45) is 7.32. The van der Waals surface area contributed by atoms with Gasteiger partial charge in [0.25, 0.3) is 0 Å². The van der Waals surface area contributed by atoms with Crippen LogP contribution in [0.4, 0.5) is 10.2 Å². The predicted molar refractivity (Wildman–Crippen MR) is 171 cm³/mol. The molecule has 234 valence electrons. The van der Waals surface area contributed by atoms with Crippen LogP contribution in [-0.4, -0.2) is 63.8 Å².